The van der Waals surface area contributed by atoms with Crippen molar-refractivity contribution >= 4 is 34.8 Å². The summed E-state index contributed by atoms with van der Waals surface area (Å²) >= 11 is 12.4. The average Bonchev–Trinajstić information content (AvgIpc) is 3.11. The Hall–Kier alpha value is -2.93. The summed E-state index contributed by atoms with van der Waals surface area (Å²) in [7, 11) is 1.33. The molecular formula is C24H19Cl2FN2O3. The lowest BCUT2D eigenvalue weighted by Crippen LogP contribution is -2.43. The van der Waals surface area contributed by atoms with Crippen molar-refractivity contribution in [1.29, 1.82) is 0 Å². The van der Waals surface area contributed by atoms with E-state index >= 15 is 0 Å². The Labute approximate surface area is 194 Å². The second kappa shape index (κ2) is 8.54. The first-order chi connectivity index (χ1) is 15.2. The molecule has 0 bridgehead atoms. The second-order valence-electron chi connectivity index (χ2n) is 7.50. The smallest absolute Gasteiger partial charge is 0.277 e. The Kier molecular flexibility index (Phi) is 5.95. The molecule has 0 spiro atoms. The minimum absolute atomic E-state index is 0.000664. The summed E-state index contributed by atoms with van der Waals surface area (Å²) in [6, 6.07) is 15.9. The maximum atomic E-state index is 14.3. The lowest BCUT2D eigenvalue weighted by atomic mass is 9.94. The van der Waals surface area contributed by atoms with E-state index in [1.807, 2.05) is 31.2 Å². The summed E-state index contributed by atoms with van der Waals surface area (Å²) in [5, 5.41) is 17.7. The highest BCUT2D eigenvalue weighted by Crippen LogP contribution is 2.41. The first-order valence-electron chi connectivity index (χ1n) is 9.73. The zero-order valence-electron chi connectivity index (χ0n) is 17.3. The molecule has 0 saturated carbocycles. The van der Waals surface area contributed by atoms with Crippen LogP contribution in [0.15, 0.2) is 65.8 Å². The van der Waals surface area contributed by atoms with Gasteiger partial charge < -0.3 is 9.84 Å². The number of nitrogens with zero attached hydrogens (tertiary/aromatic N) is 2. The van der Waals surface area contributed by atoms with E-state index < -0.39 is 17.4 Å². The van der Waals surface area contributed by atoms with Gasteiger partial charge in [-0.25, -0.2) is 4.39 Å². The number of aliphatic hydroxyl groups is 1. The molecule has 1 N–H and O–H groups in total. The molecule has 1 aliphatic heterocycles. The highest BCUT2D eigenvalue weighted by atomic mass is 35.5. The molecule has 0 aromatic heterocycles. The molecule has 8 heteroatoms. The van der Waals surface area contributed by atoms with Crippen molar-refractivity contribution in [2.24, 2.45) is 5.10 Å². The number of halogens is 3. The van der Waals surface area contributed by atoms with Gasteiger partial charge in [-0.05, 0) is 42.8 Å². The lowest BCUT2D eigenvalue weighted by molar-refractivity contribution is -0.0764. The number of rotatable bonds is 4. The Balaban J connectivity index is 1.82. The SMILES string of the molecule is COc1ccc(C(=O)N2N=C(c3ccc(C)cc3)CC2(O)c2ccc(Cl)cc2Cl)cc1F. The van der Waals surface area contributed by atoms with Crippen LogP contribution in [0.2, 0.25) is 10.0 Å². The van der Waals surface area contributed by atoms with E-state index in [-0.39, 0.29) is 28.3 Å². The van der Waals surface area contributed by atoms with Gasteiger partial charge in [0.1, 0.15) is 0 Å². The molecule has 3 aromatic rings. The minimum atomic E-state index is -1.89. The molecule has 32 heavy (non-hydrogen) atoms. The van der Waals surface area contributed by atoms with Gasteiger partial charge in [0.25, 0.3) is 5.91 Å². The van der Waals surface area contributed by atoms with E-state index in [4.69, 9.17) is 27.9 Å². The summed E-state index contributed by atoms with van der Waals surface area (Å²) in [6.07, 6.45) is -0.0121. The van der Waals surface area contributed by atoms with Crippen molar-refractivity contribution in [3.8, 4) is 5.75 Å². The maximum Gasteiger partial charge on any atom is 0.277 e. The molecule has 0 aliphatic carbocycles. The number of methoxy groups -OCH3 is 1. The van der Waals surface area contributed by atoms with Crippen LogP contribution in [0, 0.1) is 12.7 Å². The Morgan fingerprint density at radius 2 is 1.84 bits per heavy atom. The monoisotopic (exact) mass is 472 g/mol. The zero-order chi connectivity index (χ0) is 23.0. The number of hydrazone groups is 1. The predicted molar refractivity (Wildman–Crippen MR) is 122 cm³/mol. The number of carbonyl (C=O) groups excluding carboxylic acids is 1. The number of hydrogen-bond acceptors (Lipinski definition) is 4. The van der Waals surface area contributed by atoms with Crippen molar-refractivity contribution in [2.45, 2.75) is 19.1 Å². The van der Waals surface area contributed by atoms with Crippen LogP contribution in [0.25, 0.3) is 0 Å². The van der Waals surface area contributed by atoms with E-state index in [9.17, 15) is 14.3 Å². The second-order valence-corrected chi connectivity index (χ2v) is 8.34. The molecule has 5 nitrogen and oxygen atoms in total. The number of hydrogen-bond donors (Lipinski definition) is 1. The molecule has 1 heterocycles. The highest BCUT2D eigenvalue weighted by molar-refractivity contribution is 6.35. The summed E-state index contributed by atoms with van der Waals surface area (Å²) in [5.41, 5.74) is 0.661. The molecule has 1 amide bonds. The Morgan fingerprint density at radius 1 is 1.12 bits per heavy atom. The molecule has 1 unspecified atom stereocenters. The normalized spacial score (nSPS) is 17.9. The fourth-order valence-electron chi connectivity index (χ4n) is 3.61. The summed E-state index contributed by atoms with van der Waals surface area (Å²) in [5.74, 6) is -1.39. The first-order valence-corrected chi connectivity index (χ1v) is 10.5. The van der Waals surface area contributed by atoms with Crippen LogP contribution in [0.4, 0.5) is 4.39 Å². The molecule has 0 fully saturated rings. The van der Waals surface area contributed by atoms with Crippen molar-refractivity contribution in [1.82, 2.24) is 5.01 Å². The third kappa shape index (κ3) is 3.97. The van der Waals surface area contributed by atoms with Gasteiger partial charge in [0.2, 0.25) is 0 Å². The molecule has 0 saturated heterocycles. The van der Waals surface area contributed by atoms with E-state index in [0.717, 1.165) is 22.2 Å². The summed E-state index contributed by atoms with van der Waals surface area (Å²) in [6.45, 7) is 1.96. The fourth-order valence-corrected chi connectivity index (χ4v) is 4.17. The number of amides is 1. The number of benzene rings is 3. The van der Waals surface area contributed by atoms with Crippen LogP contribution in [0.3, 0.4) is 0 Å². The molecule has 164 valence electrons. The van der Waals surface area contributed by atoms with Gasteiger partial charge in [0.05, 0.1) is 17.8 Å². The molecular weight excluding hydrogens is 454 g/mol. The maximum absolute atomic E-state index is 14.3. The third-order valence-electron chi connectivity index (χ3n) is 5.32. The van der Waals surface area contributed by atoms with Gasteiger partial charge in [-0.3, -0.25) is 4.79 Å². The van der Waals surface area contributed by atoms with Crippen molar-refractivity contribution < 1.29 is 19.0 Å². The van der Waals surface area contributed by atoms with E-state index in [1.54, 1.807) is 12.1 Å². The van der Waals surface area contributed by atoms with Crippen molar-refractivity contribution in [3.05, 3.63) is 98.8 Å². The van der Waals surface area contributed by atoms with Gasteiger partial charge in [0.15, 0.2) is 17.3 Å². The molecule has 1 atom stereocenters. The van der Waals surface area contributed by atoms with Gasteiger partial charge in [-0.15, -0.1) is 0 Å². The molecule has 1 aliphatic rings. The van der Waals surface area contributed by atoms with Crippen molar-refractivity contribution in [3.63, 3.8) is 0 Å². The number of ether oxygens (including phenoxy) is 1. The van der Waals surface area contributed by atoms with Crippen LogP contribution >= 0.6 is 23.2 Å². The van der Waals surface area contributed by atoms with Crippen LogP contribution in [-0.4, -0.2) is 28.8 Å². The molecule has 0 radical (unpaired) electrons. The Bertz CT molecular complexity index is 1230. The molecule has 3 aromatic carbocycles. The number of carbonyl (C=O) groups is 1. The topological polar surface area (TPSA) is 62.1 Å². The van der Waals surface area contributed by atoms with Crippen LogP contribution in [0.5, 0.6) is 5.75 Å². The zero-order valence-corrected chi connectivity index (χ0v) is 18.8. The summed E-state index contributed by atoms with van der Waals surface area (Å²) < 4.78 is 19.2. The third-order valence-corrected chi connectivity index (χ3v) is 5.87. The standard InChI is InChI=1S/C24H19Cl2FN2O3/c1-14-3-5-15(6-4-14)21-13-24(31,18-9-8-17(25)12-19(18)26)29(28-21)23(30)16-7-10-22(32-2)20(27)11-16/h3-12,31H,13H2,1-2H3. The minimum Gasteiger partial charge on any atom is -0.494 e. The lowest BCUT2D eigenvalue weighted by Gasteiger charge is -2.32. The van der Waals surface area contributed by atoms with Crippen LogP contribution in [-0.2, 0) is 5.72 Å². The predicted octanol–water partition coefficient (Wildman–Crippen LogP) is 5.55. The quantitative estimate of drug-likeness (QED) is 0.541. The van der Waals surface area contributed by atoms with Gasteiger partial charge >= 0.3 is 0 Å². The van der Waals surface area contributed by atoms with Crippen LogP contribution in [0.1, 0.15) is 33.5 Å². The molecule has 4 rings (SSSR count). The van der Waals surface area contributed by atoms with E-state index in [2.05, 4.69) is 5.10 Å². The van der Waals surface area contributed by atoms with Crippen LogP contribution < -0.4 is 4.74 Å². The van der Waals surface area contributed by atoms with Gasteiger partial charge in [-0.1, -0.05) is 59.1 Å². The van der Waals surface area contributed by atoms with Crippen molar-refractivity contribution in [2.75, 3.05) is 7.11 Å². The fraction of sp³-hybridized carbons (Fsp3) is 0.167. The van der Waals surface area contributed by atoms with Gasteiger partial charge in [-0.2, -0.15) is 10.1 Å². The first kappa shape index (κ1) is 22.3. The summed E-state index contributed by atoms with van der Waals surface area (Å²) in [4.78, 5) is 13.4. The average molecular weight is 473 g/mol. The largest absolute Gasteiger partial charge is 0.494 e. The Morgan fingerprint density at radius 3 is 2.47 bits per heavy atom. The van der Waals surface area contributed by atoms with Gasteiger partial charge in [0, 0.05) is 22.6 Å². The number of aryl methyl sites for hydroxylation is 1. The van der Waals surface area contributed by atoms with E-state index in [0.29, 0.717) is 10.7 Å². The van der Waals surface area contributed by atoms with E-state index in [1.165, 1.54) is 25.3 Å². The highest BCUT2D eigenvalue weighted by Gasteiger charge is 2.47.